The lowest BCUT2D eigenvalue weighted by Crippen LogP contribution is -2.63. The van der Waals surface area contributed by atoms with Gasteiger partial charge in [-0.25, -0.2) is 9.59 Å². The van der Waals surface area contributed by atoms with Crippen LogP contribution in [-0.2, 0) is 23.8 Å². The average molecular weight is 483 g/mol. The Morgan fingerprint density at radius 3 is 2.54 bits per heavy atom. The molecule has 6 heteroatoms. The molecular formula is C29H38O6. The van der Waals surface area contributed by atoms with Crippen molar-refractivity contribution in [3.05, 3.63) is 42.0 Å². The van der Waals surface area contributed by atoms with Crippen LogP contribution in [0.2, 0.25) is 0 Å². The number of carbonyl (C=O) groups excluding carboxylic acids is 2. The molecule has 1 aromatic carbocycles. The second kappa shape index (κ2) is 9.70. The number of benzene rings is 1. The number of hydrogen-bond acceptors (Lipinski definition) is 6. The van der Waals surface area contributed by atoms with Gasteiger partial charge in [-0.15, -0.1) is 0 Å². The van der Waals surface area contributed by atoms with Crippen molar-refractivity contribution in [1.82, 2.24) is 0 Å². The maximum absolute atomic E-state index is 13.2. The van der Waals surface area contributed by atoms with E-state index in [4.69, 9.17) is 14.2 Å². The van der Waals surface area contributed by atoms with Crippen molar-refractivity contribution in [2.45, 2.75) is 88.6 Å². The predicted molar refractivity (Wildman–Crippen MR) is 131 cm³/mol. The average Bonchev–Trinajstić information content (AvgIpc) is 3.39. The summed E-state index contributed by atoms with van der Waals surface area (Å²) < 4.78 is 19.2. The van der Waals surface area contributed by atoms with Crippen molar-refractivity contribution < 1.29 is 28.9 Å². The van der Waals surface area contributed by atoms with Gasteiger partial charge < -0.3 is 19.3 Å². The Kier molecular flexibility index (Phi) is 6.79. The van der Waals surface area contributed by atoms with Crippen LogP contribution in [0.4, 0.5) is 0 Å². The van der Waals surface area contributed by atoms with E-state index in [-0.39, 0.29) is 29.8 Å². The zero-order valence-electron chi connectivity index (χ0n) is 20.9. The van der Waals surface area contributed by atoms with Crippen LogP contribution in [-0.4, -0.2) is 47.1 Å². The molecule has 5 rings (SSSR count). The number of esters is 2. The first-order chi connectivity index (χ1) is 16.9. The maximum atomic E-state index is 13.2. The van der Waals surface area contributed by atoms with Gasteiger partial charge in [0.1, 0.15) is 30.0 Å². The lowest BCUT2D eigenvalue weighted by Gasteiger charge is -2.54. The highest BCUT2D eigenvalue weighted by Crippen LogP contribution is 2.64. The fourth-order valence-electron chi connectivity index (χ4n) is 7.73. The second-order valence-electron chi connectivity index (χ2n) is 11.3. The van der Waals surface area contributed by atoms with Crippen LogP contribution in [0.1, 0.15) is 70.8 Å². The van der Waals surface area contributed by atoms with Crippen molar-refractivity contribution in [3.8, 4) is 0 Å². The Morgan fingerprint density at radius 1 is 1.09 bits per heavy atom. The molecule has 7 atom stereocenters. The van der Waals surface area contributed by atoms with Crippen molar-refractivity contribution in [2.24, 2.45) is 23.7 Å². The first-order valence-electron chi connectivity index (χ1n) is 13.3. The van der Waals surface area contributed by atoms with Crippen LogP contribution in [0.5, 0.6) is 0 Å². The molecule has 2 saturated heterocycles. The van der Waals surface area contributed by atoms with Crippen LogP contribution in [0.3, 0.4) is 0 Å². The molecule has 2 heterocycles. The number of carbonyl (C=O) groups is 2. The quantitative estimate of drug-likeness (QED) is 0.468. The third kappa shape index (κ3) is 4.33. The lowest BCUT2D eigenvalue weighted by molar-refractivity contribution is -0.270. The van der Waals surface area contributed by atoms with Crippen molar-refractivity contribution in [3.63, 3.8) is 0 Å². The van der Waals surface area contributed by atoms with E-state index in [1.807, 2.05) is 30.3 Å². The van der Waals surface area contributed by atoms with E-state index >= 15 is 0 Å². The number of aliphatic hydroxyl groups excluding tert-OH is 1. The Balaban J connectivity index is 1.50. The first kappa shape index (κ1) is 24.5. The van der Waals surface area contributed by atoms with Gasteiger partial charge in [0.05, 0.1) is 0 Å². The molecule has 6 nitrogen and oxygen atoms in total. The predicted octanol–water partition coefficient (Wildman–Crippen LogP) is 4.69. The number of fused-ring (bicyclic) bond motifs is 4. The van der Waals surface area contributed by atoms with Crippen molar-refractivity contribution in [1.29, 1.82) is 0 Å². The second-order valence-corrected chi connectivity index (χ2v) is 11.3. The first-order valence-corrected chi connectivity index (χ1v) is 13.3. The highest BCUT2D eigenvalue weighted by molar-refractivity contribution is 5.87. The largest absolute Gasteiger partial charge is 0.457 e. The van der Waals surface area contributed by atoms with E-state index in [9.17, 15) is 14.7 Å². The summed E-state index contributed by atoms with van der Waals surface area (Å²) in [7, 11) is 0. The molecule has 0 aromatic heterocycles. The monoisotopic (exact) mass is 482 g/mol. The normalized spacial score (nSPS) is 38.9. The molecule has 2 bridgehead atoms. The van der Waals surface area contributed by atoms with Gasteiger partial charge in [0.2, 0.25) is 0 Å². The zero-order valence-corrected chi connectivity index (χ0v) is 20.9. The third-order valence-corrected chi connectivity index (χ3v) is 9.33. The molecule has 2 saturated carbocycles. The van der Waals surface area contributed by atoms with Crippen LogP contribution in [0, 0.1) is 23.7 Å². The fraction of sp³-hybridized carbons (Fsp3) is 0.655. The van der Waals surface area contributed by atoms with Crippen LogP contribution < -0.4 is 0 Å². The summed E-state index contributed by atoms with van der Waals surface area (Å²) in [6.45, 7) is 3.69. The molecule has 190 valence electrons. The van der Waals surface area contributed by atoms with E-state index < -0.39 is 29.9 Å². The van der Waals surface area contributed by atoms with Crippen LogP contribution in [0.15, 0.2) is 36.4 Å². The summed E-state index contributed by atoms with van der Waals surface area (Å²) in [4.78, 5) is 25.4. The van der Waals surface area contributed by atoms with Gasteiger partial charge in [-0.1, -0.05) is 56.5 Å². The summed E-state index contributed by atoms with van der Waals surface area (Å²) in [6, 6.07) is 9.73. The van der Waals surface area contributed by atoms with Gasteiger partial charge in [-0.05, 0) is 62.0 Å². The standard InChI is InChI=1S/C29H38O6/c1-19-13-15-22-26(19)27(34-24(31)16-14-20-9-5-3-6-10-20)29(21-11-7-4-8-12-21)17-23(28(22,2)35-29)33-25(32)18-30/h3,5-6,9-10,14,16,19,21-23,26-27,30H,4,7-8,11-13,15,17-18H2,1-2H3/b16-14+. The minimum absolute atomic E-state index is 0.129. The van der Waals surface area contributed by atoms with Gasteiger partial charge in [0.15, 0.2) is 0 Å². The number of rotatable bonds is 6. The molecule has 1 aromatic rings. The Hall–Kier alpha value is -2.18. The highest BCUT2D eigenvalue weighted by Gasteiger charge is 2.73. The van der Waals surface area contributed by atoms with Crippen LogP contribution in [0.25, 0.3) is 6.08 Å². The summed E-state index contributed by atoms with van der Waals surface area (Å²) in [5.74, 6) is -0.0536. The van der Waals surface area contributed by atoms with E-state index in [2.05, 4.69) is 13.8 Å². The Bertz CT molecular complexity index is 953. The van der Waals surface area contributed by atoms with E-state index in [0.29, 0.717) is 12.3 Å². The van der Waals surface area contributed by atoms with E-state index in [1.54, 1.807) is 6.08 Å². The molecule has 2 aliphatic carbocycles. The Labute approximate surface area is 208 Å². The maximum Gasteiger partial charge on any atom is 0.332 e. The van der Waals surface area contributed by atoms with Crippen LogP contribution >= 0.6 is 0 Å². The van der Waals surface area contributed by atoms with Gasteiger partial charge in [-0.3, -0.25) is 0 Å². The number of ether oxygens (including phenoxy) is 3. The van der Waals surface area contributed by atoms with Crippen molar-refractivity contribution in [2.75, 3.05) is 6.61 Å². The smallest absolute Gasteiger partial charge is 0.332 e. The molecule has 0 amide bonds. The molecule has 2 aliphatic heterocycles. The van der Waals surface area contributed by atoms with Gasteiger partial charge in [-0.2, -0.15) is 0 Å². The molecule has 0 spiro atoms. The van der Waals surface area contributed by atoms with Gasteiger partial charge >= 0.3 is 11.9 Å². The summed E-state index contributed by atoms with van der Waals surface area (Å²) in [6.07, 6.45) is 10.5. The number of hydrogen-bond donors (Lipinski definition) is 1. The number of aliphatic hydroxyl groups is 1. The lowest BCUT2D eigenvalue weighted by atomic mass is 9.66. The van der Waals surface area contributed by atoms with E-state index in [1.165, 1.54) is 12.5 Å². The summed E-state index contributed by atoms with van der Waals surface area (Å²) in [5.41, 5.74) is -0.366. The fourth-order valence-corrected chi connectivity index (χ4v) is 7.73. The Morgan fingerprint density at radius 2 is 1.83 bits per heavy atom. The molecule has 4 fully saturated rings. The zero-order chi connectivity index (χ0) is 24.6. The topological polar surface area (TPSA) is 82.1 Å². The van der Waals surface area contributed by atoms with Gasteiger partial charge in [0, 0.05) is 18.4 Å². The molecule has 4 aliphatic rings. The molecule has 1 N–H and O–H groups in total. The summed E-state index contributed by atoms with van der Waals surface area (Å²) in [5, 5.41) is 9.39. The molecule has 7 unspecified atom stereocenters. The van der Waals surface area contributed by atoms with E-state index in [0.717, 1.165) is 44.1 Å². The summed E-state index contributed by atoms with van der Waals surface area (Å²) >= 11 is 0. The molecular weight excluding hydrogens is 444 g/mol. The highest BCUT2D eigenvalue weighted by atomic mass is 16.6. The third-order valence-electron chi connectivity index (χ3n) is 9.33. The SMILES string of the molecule is CC1CCC2C1C(OC(=O)/C=C/c1ccccc1)C1(C3CCCCC3)CC(OC(=O)CO)C2(C)O1. The van der Waals surface area contributed by atoms with Gasteiger partial charge in [0.25, 0.3) is 0 Å². The minimum atomic E-state index is -0.675. The molecule has 35 heavy (non-hydrogen) atoms. The van der Waals surface area contributed by atoms with Crippen molar-refractivity contribution >= 4 is 18.0 Å². The minimum Gasteiger partial charge on any atom is -0.457 e. The molecule has 0 radical (unpaired) electrons.